The van der Waals surface area contributed by atoms with E-state index in [0.29, 0.717) is 32.8 Å². The molecule has 0 saturated heterocycles. The van der Waals surface area contributed by atoms with Gasteiger partial charge < -0.3 is 20.2 Å². The SMILES string of the molecule is CC(C)CCCCCCOP(=O)(O)OCCCCCCC(C)C.OCCN(CCO)CCO. The zero-order chi connectivity index (χ0) is 25.4. The lowest BCUT2D eigenvalue weighted by atomic mass is 10.0. The second-order valence-corrected chi connectivity index (χ2v) is 10.8. The molecule has 0 aliphatic carbocycles. The summed E-state index contributed by atoms with van der Waals surface area (Å²) in [6.45, 7) is 11.3. The van der Waals surface area contributed by atoms with Gasteiger partial charge in [-0.25, -0.2) is 4.57 Å². The first kappa shape index (κ1) is 35.1. The standard InChI is InChI=1S/C18H39O4P.C6H15NO3/c1-17(2)13-9-5-7-11-15-21-23(19,20)22-16-12-8-6-10-14-18(3)4;8-4-1-7(2-5-9)3-6-10/h17-18H,5-16H2,1-4H3,(H,19,20);8-10H,1-6H2. The van der Waals surface area contributed by atoms with Gasteiger partial charge in [-0.3, -0.25) is 13.9 Å². The minimum atomic E-state index is -3.84. The number of aliphatic hydroxyl groups is 3. The van der Waals surface area contributed by atoms with E-state index in [-0.39, 0.29) is 19.8 Å². The minimum Gasteiger partial charge on any atom is -0.395 e. The summed E-state index contributed by atoms with van der Waals surface area (Å²) in [4.78, 5) is 11.4. The molecule has 33 heavy (non-hydrogen) atoms. The summed E-state index contributed by atoms with van der Waals surface area (Å²) in [6.07, 6.45) is 11.0. The van der Waals surface area contributed by atoms with Crippen LogP contribution in [0.2, 0.25) is 0 Å². The van der Waals surface area contributed by atoms with Crippen LogP contribution < -0.4 is 0 Å². The van der Waals surface area contributed by atoms with Gasteiger partial charge in [-0.15, -0.1) is 0 Å². The van der Waals surface area contributed by atoms with E-state index in [1.165, 1.54) is 25.7 Å². The maximum atomic E-state index is 11.7. The summed E-state index contributed by atoms with van der Waals surface area (Å²) in [7, 11) is -3.84. The molecule has 9 heteroatoms. The Bertz CT molecular complexity index is 399. The smallest absolute Gasteiger partial charge is 0.395 e. The number of nitrogens with zero attached hydrogens (tertiary/aromatic N) is 1. The Balaban J connectivity index is 0. The molecule has 0 atom stereocenters. The van der Waals surface area contributed by atoms with Crippen LogP contribution in [-0.4, -0.2) is 77.8 Å². The first-order valence-electron chi connectivity index (χ1n) is 12.8. The molecule has 0 unspecified atom stereocenters. The van der Waals surface area contributed by atoms with Crippen LogP contribution in [0.3, 0.4) is 0 Å². The lowest BCUT2D eigenvalue weighted by molar-refractivity contribution is 0.136. The van der Waals surface area contributed by atoms with E-state index in [1.807, 2.05) is 0 Å². The molecule has 0 saturated carbocycles. The Morgan fingerprint density at radius 1 is 0.636 bits per heavy atom. The van der Waals surface area contributed by atoms with Gasteiger partial charge in [-0.1, -0.05) is 79.1 Å². The molecule has 8 nitrogen and oxygen atoms in total. The van der Waals surface area contributed by atoms with Gasteiger partial charge >= 0.3 is 7.82 Å². The second-order valence-electron chi connectivity index (χ2n) is 9.34. The highest BCUT2D eigenvalue weighted by Gasteiger charge is 2.19. The van der Waals surface area contributed by atoms with Crippen LogP contribution in [0, 0.1) is 11.8 Å². The average molecular weight is 500 g/mol. The van der Waals surface area contributed by atoms with Crippen LogP contribution in [0.1, 0.15) is 91.9 Å². The number of rotatable bonds is 22. The fourth-order valence-corrected chi connectivity index (χ4v) is 3.97. The molecular weight excluding hydrogens is 445 g/mol. The monoisotopic (exact) mass is 499 g/mol. The highest BCUT2D eigenvalue weighted by atomic mass is 31.2. The van der Waals surface area contributed by atoms with Crippen molar-refractivity contribution < 1.29 is 33.8 Å². The van der Waals surface area contributed by atoms with Crippen molar-refractivity contribution in [1.29, 1.82) is 0 Å². The third-order valence-corrected chi connectivity index (χ3v) is 6.13. The quantitative estimate of drug-likeness (QED) is 0.126. The zero-order valence-corrected chi connectivity index (χ0v) is 22.7. The fraction of sp³-hybridized carbons (Fsp3) is 1.00. The van der Waals surface area contributed by atoms with E-state index in [4.69, 9.17) is 24.4 Å². The van der Waals surface area contributed by atoms with E-state index in [9.17, 15) is 9.46 Å². The summed E-state index contributed by atoms with van der Waals surface area (Å²) >= 11 is 0. The van der Waals surface area contributed by atoms with Crippen molar-refractivity contribution in [3.8, 4) is 0 Å². The molecule has 0 aliphatic heterocycles. The highest BCUT2D eigenvalue weighted by molar-refractivity contribution is 7.47. The van der Waals surface area contributed by atoms with E-state index < -0.39 is 7.82 Å². The summed E-state index contributed by atoms with van der Waals surface area (Å²) in [5.41, 5.74) is 0. The summed E-state index contributed by atoms with van der Waals surface area (Å²) < 4.78 is 21.7. The predicted octanol–water partition coefficient (Wildman–Crippen LogP) is 4.60. The molecule has 0 fully saturated rings. The molecule has 202 valence electrons. The first-order chi connectivity index (χ1) is 15.7. The van der Waals surface area contributed by atoms with Crippen molar-refractivity contribution in [2.45, 2.75) is 91.9 Å². The van der Waals surface area contributed by atoms with Crippen molar-refractivity contribution in [2.75, 3.05) is 52.7 Å². The number of unbranched alkanes of at least 4 members (excludes halogenated alkanes) is 6. The summed E-state index contributed by atoms with van der Waals surface area (Å²) in [5, 5.41) is 25.5. The van der Waals surface area contributed by atoms with Gasteiger partial charge in [0.25, 0.3) is 0 Å². The van der Waals surface area contributed by atoms with E-state index in [0.717, 1.165) is 50.4 Å². The first-order valence-corrected chi connectivity index (χ1v) is 14.3. The van der Waals surface area contributed by atoms with Gasteiger partial charge in [0.15, 0.2) is 0 Å². The highest BCUT2D eigenvalue weighted by Crippen LogP contribution is 2.43. The molecule has 0 rings (SSSR count). The number of hydrogen-bond acceptors (Lipinski definition) is 7. The van der Waals surface area contributed by atoms with Crippen molar-refractivity contribution >= 4 is 7.82 Å². The molecule has 0 bridgehead atoms. The van der Waals surface area contributed by atoms with Crippen LogP contribution in [-0.2, 0) is 13.6 Å². The maximum Gasteiger partial charge on any atom is 0.472 e. The third kappa shape index (κ3) is 29.9. The number of phosphoric ester groups is 1. The lowest BCUT2D eigenvalue weighted by Gasteiger charge is -2.17. The number of phosphoric acid groups is 1. The van der Waals surface area contributed by atoms with Crippen LogP contribution >= 0.6 is 7.82 Å². The second kappa shape index (κ2) is 25.1. The molecule has 0 aromatic heterocycles. The largest absolute Gasteiger partial charge is 0.472 e. The maximum absolute atomic E-state index is 11.7. The van der Waals surface area contributed by atoms with Crippen LogP contribution in [0.15, 0.2) is 0 Å². The minimum absolute atomic E-state index is 0.0694. The third-order valence-electron chi connectivity index (χ3n) is 5.11. The molecule has 0 aromatic rings. The van der Waals surface area contributed by atoms with Crippen molar-refractivity contribution in [3.05, 3.63) is 0 Å². The topological polar surface area (TPSA) is 120 Å². The van der Waals surface area contributed by atoms with Gasteiger partial charge in [0, 0.05) is 19.6 Å². The van der Waals surface area contributed by atoms with Crippen LogP contribution in [0.5, 0.6) is 0 Å². The Kier molecular flexibility index (Phi) is 26.7. The summed E-state index contributed by atoms with van der Waals surface area (Å²) in [6, 6.07) is 0. The molecule has 4 N–H and O–H groups in total. The molecule has 0 aliphatic rings. The molecule has 0 spiro atoms. The van der Waals surface area contributed by atoms with Crippen molar-refractivity contribution in [1.82, 2.24) is 4.90 Å². The fourth-order valence-electron chi connectivity index (χ4n) is 3.17. The summed E-state index contributed by atoms with van der Waals surface area (Å²) in [5.74, 6) is 1.50. The molecule has 0 amide bonds. The van der Waals surface area contributed by atoms with Gasteiger partial charge in [-0.05, 0) is 24.7 Å². The zero-order valence-electron chi connectivity index (χ0n) is 21.8. The Hall–Kier alpha value is -0.0500. The van der Waals surface area contributed by atoms with Gasteiger partial charge in [0.2, 0.25) is 0 Å². The number of aliphatic hydroxyl groups excluding tert-OH is 3. The van der Waals surface area contributed by atoms with E-state index in [1.54, 1.807) is 4.90 Å². The van der Waals surface area contributed by atoms with Crippen LogP contribution in [0.4, 0.5) is 0 Å². The number of hydrogen-bond donors (Lipinski definition) is 4. The van der Waals surface area contributed by atoms with E-state index >= 15 is 0 Å². The van der Waals surface area contributed by atoms with Gasteiger partial charge in [0.1, 0.15) is 0 Å². The lowest BCUT2D eigenvalue weighted by Crippen LogP contribution is -2.32. The van der Waals surface area contributed by atoms with Crippen LogP contribution in [0.25, 0.3) is 0 Å². The normalized spacial score (nSPS) is 12.0. The Morgan fingerprint density at radius 2 is 0.970 bits per heavy atom. The molecule has 0 aromatic carbocycles. The van der Waals surface area contributed by atoms with Gasteiger partial charge in [-0.2, -0.15) is 0 Å². The average Bonchev–Trinajstić information content (AvgIpc) is 2.73. The van der Waals surface area contributed by atoms with Crippen molar-refractivity contribution in [3.63, 3.8) is 0 Å². The predicted molar refractivity (Wildman–Crippen MR) is 135 cm³/mol. The molecule has 0 radical (unpaired) electrons. The van der Waals surface area contributed by atoms with E-state index in [2.05, 4.69) is 27.7 Å². The molecule has 0 heterocycles. The van der Waals surface area contributed by atoms with Crippen molar-refractivity contribution in [2.24, 2.45) is 11.8 Å². The Morgan fingerprint density at radius 3 is 1.27 bits per heavy atom. The van der Waals surface area contributed by atoms with Gasteiger partial charge in [0.05, 0.1) is 33.0 Å². The molecular formula is C24H54NO7P. The Labute approximate surface area is 203 Å².